The summed E-state index contributed by atoms with van der Waals surface area (Å²) in [5.74, 6) is 0. The first-order valence-corrected chi connectivity index (χ1v) is 14.0. The van der Waals surface area contributed by atoms with Gasteiger partial charge in [-0.15, -0.1) is 22.2 Å². The van der Waals surface area contributed by atoms with Crippen molar-refractivity contribution >= 4 is 37.4 Å². The third-order valence-electron chi connectivity index (χ3n) is 4.57. The summed E-state index contributed by atoms with van der Waals surface area (Å²) < 4.78 is 6.40. The smallest absolute Gasteiger partial charge is 0.280 e. The Morgan fingerprint density at radius 2 is 1.06 bits per heavy atom. The molecule has 5 heteroatoms. The fraction of sp³-hybridized carbons (Fsp3) is 1.00. The Hall–Kier alpha value is 0.974. The highest BCUT2D eigenvalue weighted by Crippen LogP contribution is 2.47. The predicted octanol–water partition coefficient (Wildman–Crippen LogP) is 5.51. The molecule has 2 aliphatic rings. The zero-order valence-corrected chi connectivity index (χ0v) is 14.5. The van der Waals surface area contributed by atoms with Gasteiger partial charge in [-0.25, -0.2) is 0 Å². The lowest BCUT2D eigenvalue weighted by Gasteiger charge is -2.36. The lowest BCUT2D eigenvalue weighted by molar-refractivity contribution is 0.521. The van der Waals surface area contributed by atoms with Crippen LogP contribution in [0.5, 0.6) is 0 Å². The van der Waals surface area contributed by atoms with E-state index < -0.39 is 15.3 Å². The molecule has 2 fully saturated rings. The van der Waals surface area contributed by atoms with Crippen molar-refractivity contribution in [2.75, 3.05) is 0 Å². The normalized spacial score (nSPS) is 30.4. The van der Waals surface area contributed by atoms with Gasteiger partial charge in [0.1, 0.15) is 0 Å². The Labute approximate surface area is 117 Å². The minimum absolute atomic E-state index is 0.635. The van der Waals surface area contributed by atoms with Crippen LogP contribution in [0.4, 0.5) is 0 Å². The summed E-state index contributed by atoms with van der Waals surface area (Å²) in [5, 5.41) is 0. The molecular weight excluding hydrogens is 287 g/mol. The van der Waals surface area contributed by atoms with Crippen LogP contribution in [0.3, 0.4) is 0 Å². The second-order valence-corrected chi connectivity index (χ2v) is 16.9. The lowest BCUT2D eigenvalue weighted by Crippen LogP contribution is -2.46. The Morgan fingerprint density at radius 3 is 1.35 bits per heavy atom. The van der Waals surface area contributed by atoms with E-state index in [1.165, 1.54) is 51.4 Å². The first-order valence-electron chi connectivity index (χ1n) is 7.00. The Morgan fingerprint density at radius 1 is 0.765 bits per heavy atom. The van der Waals surface area contributed by atoms with E-state index in [-0.39, 0.29) is 0 Å². The highest BCUT2D eigenvalue weighted by atomic mass is 35.6. The van der Waals surface area contributed by atoms with E-state index in [1.807, 2.05) is 0 Å². The maximum atomic E-state index is 6.77. The zero-order valence-electron chi connectivity index (χ0n) is 11.0. The molecule has 1 nitrogen and oxygen atoms in total. The van der Waals surface area contributed by atoms with Gasteiger partial charge in [0.05, 0.1) is 0 Å². The molecule has 0 aromatic carbocycles. The van der Waals surface area contributed by atoms with E-state index in [1.54, 1.807) is 0 Å². The second kappa shape index (κ2) is 5.53. The molecule has 0 heterocycles. The summed E-state index contributed by atoms with van der Waals surface area (Å²) in [6.45, 7) is 4.35. The van der Waals surface area contributed by atoms with Gasteiger partial charge < -0.3 is 4.12 Å². The number of rotatable bonds is 4. The van der Waals surface area contributed by atoms with Crippen LogP contribution in [0, 0.1) is 0 Å². The lowest BCUT2D eigenvalue weighted by atomic mass is 10.4. The fourth-order valence-electron chi connectivity index (χ4n) is 3.44. The van der Waals surface area contributed by atoms with Crippen LogP contribution in [0.2, 0.25) is 24.2 Å². The Kier molecular flexibility index (Phi) is 4.68. The molecule has 0 N–H and O–H groups in total. The molecule has 0 aromatic heterocycles. The van der Waals surface area contributed by atoms with Gasteiger partial charge >= 0.3 is 0 Å². The van der Waals surface area contributed by atoms with E-state index in [9.17, 15) is 0 Å². The Balaban J connectivity index is 1.97. The molecular formula is C12H24Cl2OSi2. The van der Waals surface area contributed by atoms with Crippen molar-refractivity contribution in [1.29, 1.82) is 0 Å². The highest BCUT2D eigenvalue weighted by Gasteiger charge is 2.48. The average molecular weight is 311 g/mol. The van der Waals surface area contributed by atoms with Crippen LogP contribution < -0.4 is 0 Å². The van der Waals surface area contributed by atoms with E-state index in [0.717, 1.165) is 0 Å². The molecule has 0 radical (unpaired) electrons. The van der Waals surface area contributed by atoms with Crippen LogP contribution in [-0.2, 0) is 4.12 Å². The fourth-order valence-corrected chi connectivity index (χ4v) is 15.3. The summed E-state index contributed by atoms with van der Waals surface area (Å²) in [6.07, 6.45) is 10.4. The third-order valence-corrected chi connectivity index (χ3v) is 15.1. The van der Waals surface area contributed by atoms with Crippen molar-refractivity contribution in [1.82, 2.24) is 0 Å². The van der Waals surface area contributed by atoms with Crippen molar-refractivity contribution in [3.05, 3.63) is 0 Å². The van der Waals surface area contributed by atoms with Gasteiger partial charge in [0.15, 0.2) is 0 Å². The standard InChI is InChI=1S/C12H24Cl2OSi2/c1-16(13,11-7-3-4-8-11)15-17(2,14)12-9-5-6-10-12/h11-12H,3-10H2,1-2H3. The van der Waals surface area contributed by atoms with Crippen molar-refractivity contribution in [3.63, 3.8) is 0 Å². The number of hydrogen-bond donors (Lipinski definition) is 0. The molecule has 2 saturated carbocycles. The minimum Gasteiger partial charge on any atom is -0.433 e. The largest absolute Gasteiger partial charge is 0.433 e. The van der Waals surface area contributed by atoms with E-state index in [0.29, 0.717) is 11.1 Å². The molecule has 2 atom stereocenters. The first kappa shape index (κ1) is 14.4. The molecule has 0 saturated heterocycles. The first-order chi connectivity index (χ1) is 7.92. The monoisotopic (exact) mass is 310 g/mol. The van der Waals surface area contributed by atoms with Crippen molar-refractivity contribution in [2.24, 2.45) is 0 Å². The SMILES string of the molecule is C[Si](Cl)(O[Si](C)(Cl)C1CCCC1)C1CCCC1. The van der Waals surface area contributed by atoms with Gasteiger partial charge in [-0.1, -0.05) is 25.7 Å². The molecule has 17 heavy (non-hydrogen) atoms. The summed E-state index contributed by atoms with van der Waals surface area (Å²) in [5.41, 5.74) is 1.27. The topological polar surface area (TPSA) is 9.23 Å². The van der Waals surface area contributed by atoms with Crippen LogP contribution in [0.25, 0.3) is 0 Å². The average Bonchev–Trinajstić information content (AvgIpc) is 2.91. The van der Waals surface area contributed by atoms with E-state index in [4.69, 9.17) is 26.3 Å². The zero-order chi connectivity index (χ0) is 12.5. The summed E-state index contributed by atoms with van der Waals surface area (Å²) in [7, 11) is -4.14. The van der Waals surface area contributed by atoms with Crippen molar-refractivity contribution in [2.45, 2.75) is 75.5 Å². The molecule has 2 aliphatic carbocycles. The van der Waals surface area contributed by atoms with E-state index >= 15 is 0 Å². The summed E-state index contributed by atoms with van der Waals surface area (Å²) >= 11 is 13.5. The van der Waals surface area contributed by atoms with Gasteiger partial charge in [-0.2, -0.15) is 0 Å². The van der Waals surface area contributed by atoms with Gasteiger partial charge in [-0.3, -0.25) is 0 Å². The minimum atomic E-state index is -2.07. The van der Waals surface area contributed by atoms with Crippen molar-refractivity contribution in [3.8, 4) is 0 Å². The third kappa shape index (κ3) is 3.50. The van der Waals surface area contributed by atoms with Gasteiger partial charge in [0.25, 0.3) is 15.3 Å². The van der Waals surface area contributed by atoms with Crippen LogP contribution >= 0.6 is 22.2 Å². The van der Waals surface area contributed by atoms with Gasteiger partial charge in [-0.05, 0) is 49.9 Å². The van der Waals surface area contributed by atoms with E-state index in [2.05, 4.69) is 13.1 Å². The molecule has 0 bridgehead atoms. The van der Waals surface area contributed by atoms with Crippen LogP contribution in [0.1, 0.15) is 51.4 Å². The van der Waals surface area contributed by atoms with Gasteiger partial charge in [0.2, 0.25) is 0 Å². The Bertz CT molecular complexity index is 233. The predicted molar refractivity (Wildman–Crippen MR) is 80.5 cm³/mol. The molecule has 0 aliphatic heterocycles. The quantitative estimate of drug-likeness (QED) is 0.491. The molecule has 100 valence electrons. The molecule has 0 aromatic rings. The molecule has 2 rings (SSSR count). The van der Waals surface area contributed by atoms with Crippen LogP contribution in [0.15, 0.2) is 0 Å². The maximum Gasteiger partial charge on any atom is 0.280 e. The summed E-state index contributed by atoms with van der Waals surface area (Å²) in [6, 6.07) is 0. The molecule has 2 unspecified atom stereocenters. The molecule has 0 spiro atoms. The van der Waals surface area contributed by atoms with Crippen LogP contribution in [-0.4, -0.2) is 15.3 Å². The second-order valence-electron chi connectivity index (χ2n) is 6.04. The van der Waals surface area contributed by atoms with Gasteiger partial charge in [0, 0.05) is 0 Å². The highest BCUT2D eigenvalue weighted by molar-refractivity contribution is 7.26. The maximum absolute atomic E-state index is 6.77. The number of halogens is 2. The number of hydrogen-bond acceptors (Lipinski definition) is 1. The molecule has 0 amide bonds. The summed E-state index contributed by atoms with van der Waals surface area (Å²) in [4.78, 5) is 0. The van der Waals surface area contributed by atoms with Crippen molar-refractivity contribution < 1.29 is 4.12 Å².